The second kappa shape index (κ2) is 10.9. The number of ketones is 1. The van der Waals surface area contributed by atoms with Crippen LogP contribution < -0.4 is 14.2 Å². The van der Waals surface area contributed by atoms with E-state index >= 15 is 0 Å². The number of carbonyl (C=O) groups is 1. The summed E-state index contributed by atoms with van der Waals surface area (Å²) in [4.78, 5) is 12.6. The van der Waals surface area contributed by atoms with Gasteiger partial charge in [0.2, 0.25) is 0 Å². The van der Waals surface area contributed by atoms with Crippen LogP contribution in [-0.4, -0.2) is 26.1 Å². The number of ether oxygens (including phenoxy) is 3. The van der Waals surface area contributed by atoms with Crippen molar-refractivity contribution >= 4 is 11.9 Å². The van der Waals surface area contributed by atoms with Crippen molar-refractivity contribution in [2.45, 2.75) is 52.9 Å². The second-order valence-electron chi connectivity index (χ2n) is 8.26. The molecule has 2 aromatic carbocycles. The van der Waals surface area contributed by atoms with Gasteiger partial charge < -0.3 is 14.2 Å². The Hall–Kier alpha value is -2.75. The third kappa shape index (κ3) is 6.38. The van der Waals surface area contributed by atoms with Crippen molar-refractivity contribution < 1.29 is 19.0 Å². The molecule has 4 nitrogen and oxygen atoms in total. The summed E-state index contributed by atoms with van der Waals surface area (Å²) in [5.74, 6) is 2.23. The average molecular weight is 411 g/mol. The highest BCUT2D eigenvalue weighted by Crippen LogP contribution is 2.37. The van der Waals surface area contributed by atoms with E-state index in [1.54, 1.807) is 37.5 Å². The molecule has 0 bridgehead atoms. The van der Waals surface area contributed by atoms with Gasteiger partial charge in [-0.25, -0.2) is 0 Å². The summed E-state index contributed by atoms with van der Waals surface area (Å²) in [6, 6.07) is 11.1. The van der Waals surface area contributed by atoms with Gasteiger partial charge in [-0.05, 0) is 60.7 Å². The lowest BCUT2D eigenvalue weighted by atomic mass is 9.85. The summed E-state index contributed by atoms with van der Waals surface area (Å²) < 4.78 is 17.2. The Morgan fingerprint density at radius 3 is 2.07 bits per heavy atom. The molecule has 2 rings (SSSR count). The highest BCUT2D eigenvalue weighted by atomic mass is 16.5. The first-order valence-electron chi connectivity index (χ1n) is 10.6. The molecule has 0 amide bonds. The van der Waals surface area contributed by atoms with Crippen LogP contribution in [0.2, 0.25) is 0 Å². The molecule has 0 saturated carbocycles. The molecule has 0 aromatic heterocycles. The Morgan fingerprint density at radius 2 is 1.53 bits per heavy atom. The monoisotopic (exact) mass is 410 g/mol. The van der Waals surface area contributed by atoms with Crippen molar-refractivity contribution in [1.82, 2.24) is 0 Å². The van der Waals surface area contributed by atoms with Gasteiger partial charge in [-0.1, -0.05) is 34.6 Å². The van der Waals surface area contributed by atoms with Gasteiger partial charge >= 0.3 is 0 Å². The van der Waals surface area contributed by atoms with Crippen molar-refractivity contribution in [3.63, 3.8) is 0 Å². The first-order chi connectivity index (χ1) is 14.3. The molecule has 30 heavy (non-hydrogen) atoms. The maximum absolute atomic E-state index is 12.6. The van der Waals surface area contributed by atoms with Crippen LogP contribution in [-0.2, 0) is 5.41 Å². The largest absolute Gasteiger partial charge is 0.497 e. The number of hydrogen-bond acceptors (Lipinski definition) is 4. The molecule has 0 radical (unpaired) electrons. The van der Waals surface area contributed by atoms with Crippen LogP contribution in [0, 0.1) is 0 Å². The first kappa shape index (κ1) is 23.5. The van der Waals surface area contributed by atoms with Crippen LogP contribution in [0.25, 0.3) is 6.08 Å². The van der Waals surface area contributed by atoms with E-state index in [1.807, 2.05) is 12.1 Å². The summed E-state index contributed by atoms with van der Waals surface area (Å²) >= 11 is 0. The van der Waals surface area contributed by atoms with Crippen molar-refractivity contribution in [3.8, 4) is 17.2 Å². The number of allylic oxidation sites excluding steroid dienone is 1. The van der Waals surface area contributed by atoms with E-state index in [2.05, 4.69) is 40.7 Å². The lowest BCUT2D eigenvalue weighted by Crippen LogP contribution is -2.15. The van der Waals surface area contributed by atoms with Crippen LogP contribution >= 0.6 is 0 Å². The molecule has 0 N–H and O–H groups in total. The normalized spacial score (nSPS) is 11.5. The third-order valence-electron chi connectivity index (χ3n) is 4.63. The summed E-state index contributed by atoms with van der Waals surface area (Å²) in [6.45, 7) is 11.9. The summed E-state index contributed by atoms with van der Waals surface area (Å²) in [6.07, 6.45) is 5.26. The van der Waals surface area contributed by atoms with E-state index in [-0.39, 0.29) is 11.2 Å². The van der Waals surface area contributed by atoms with Crippen LogP contribution in [0.5, 0.6) is 17.2 Å². The van der Waals surface area contributed by atoms with E-state index in [4.69, 9.17) is 14.2 Å². The predicted octanol–water partition coefficient (Wildman–Crippen LogP) is 6.47. The third-order valence-corrected chi connectivity index (χ3v) is 4.63. The SMILES string of the molecule is CCCOc1cc(OCCC)c(C(C)(C)C)cc1C=CC(=O)c1ccc(OC)cc1. The lowest BCUT2D eigenvalue weighted by molar-refractivity contribution is 0.104. The predicted molar refractivity (Wildman–Crippen MR) is 123 cm³/mol. The summed E-state index contributed by atoms with van der Waals surface area (Å²) in [7, 11) is 1.61. The molecule has 2 aromatic rings. The number of benzene rings is 2. The first-order valence-corrected chi connectivity index (χ1v) is 10.6. The van der Waals surface area contributed by atoms with Gasteiger partial charge in [-0.15, -0.1) is 0 Å². The fraction of sp³-hybridized carbons (Fsp3) is 0.423. The Labute approximate surface area is 180 Å². The zero-order valence-corrected chi connectivity index (χ0v) is 19.1. The van der Waals surface area contributed by atoms with Crippen LogP contribution in [0.1, 0.15) is 68.9 Å². The molecular formula is C26H34O4. The van der Waals surface area contributed by atoms with Crippen LogP contribution in [0.3, 0.4) is 0 Å². The zero-order chi connectivity index (χ0) is 22.1. The topological polar surface area (TPSA) is 44.8 Å². The summed E-state index contributed by atoms with van der Waals surface area (Å²) in [5.41, 5.74) is 2.48. The average Bonchev–Trinajstić information content (AvgIpc) is 2.74. The van der Waals surface area contributed by atoms with Gasteiger partial charge in [0.05, 0.1) is 20.3 Å². The van der Waals surface area contributed by atoms with Gasteiger partial charge in [0.25, 0.3) is 0 Å². The van der Waals surface area contributed by atoms with Crippen LogP contribution in [0.4, 0.5) is 0 Å². The number of rotatable bonds is 10. The molecule has 0 atom stereocenters. The molecule has 0 unspecified atom stereocenters. The van der Waals surface area contributed by atoms with E-state index in [0.717, 1.165) is 41.2 Å². The zero-order valence-electron chi connectivity index (χ0n) is 19.1. The molecule has 4 heteroatoms. The minimum Gasteiger partial charge on any atom is -0.497 e. The smallest absolute Gasteiger partial charge is 0.185 e. The van der Waals surface area contributed by atoms with Gasteiger partial charge in [0.15, 0.2) is 5.78 Å². The van der Waals surface area contributed by atoms with E-state index in [1.165, 1.54) is 0 Å². The van der Waals surface area contributed by atoms with Crippen LogP contribution in [0.15, 0.2) is 42.5 Å². The van der Waals surface area contributed by atoms with Crippen molar-refractivity contribution in [2.24, 2.45) is 0 Å². The maximum atomic E-state index is 12.6. The van der Waals surface area contributed by atoms with Gasteiger partial charge in [0, 0.05) is 22.8 Å². The van der Waals surface area contributed by atoms with Gasteiger partial charge in [0.1, 0.15) is 17.2 Å². The Kier molecular flexibility index (Phi) is 8.52. The van der Waals surface area contributed by atoms with Crippen molar-refractivity contribution in [3.05, 3.63) is 59.2 Å². The highest BCUT2D eigenvalue weighted by molar-refractivity contribution is 6.07. The highest BCUT2D eigenvalue weighted by Gasteiger charge is 2.22. The number of hydrogen-bond donors (Lipinski definition) is 0. The van der Waals surface area contributed by atoms with E-state index in [0.29, 0.717) is 18.8 Å². The maximum Gasteiger partial charge on any atom is 0.185 e. The standard InChI is InChI=1S/C26H34O4/c1-7-15-29-24-18-25(30-16-8-2)22(26(3,4)5)17-20(24)11-14-23(27)19-9-12-21(28-6)13-10-19/h9-14,17-18H,7-8,15-16H2,1-6H3. The Bertz CT molecular complexity index is 858. The lowest BCUT2D eigenvalue weighted by Gasteiger charge is -2.25. The minimum absolute atomic E-state index is 0.0669. The minimum atomic E-state index is -0.102. The van der Waals surface area contributed by atoms with Gasteiger partial charge in [-0.3, -0.25) is 4.79 Å². The molecule has 0 aliphatic rings. The fourth-order valence-electron chi connectivity index (χ4n) is 2.98. The molecule has 0 spiro atoms. The summed E-state index contributed by atoms with van der Waals surface area (Å²) in [5, 5.41) is 0. The quantitative estimate of drug-likeness (QED) is 0.333. The fourth-order valence-corrected chi connectivity index (χ4v) is 2.98. The Balaban J connectivity index is 2.41. The number of carbonyl (C=O) groups excluding carboxylic acids is 1. The molecule has 0 saturated heterocycles. The van der Waals surface area contributed by atoms with Crippen molar-refractivity contribution in [2.75, 3.05) is 20.3 Å². The molecule has 162 valence electrons. The molecular weight excluding hydrogens is 376 g/mol. The second-order valence-corrected chi connectivity index (χ2v) is 8.26. The molecule has 0 fully saturated rings. The Morgan fingerprint density at radius 1 is 0.933 bits per heavy atom. The molecule has 0 aliphatic heterocycles. The van der Waals surface area contributed by atoms with E-state index < -0.39 is 0 Å². The molecule has 0 heterocycles. The van der Waals surface area contributed by atoms with E-state index in [9.17, 15) is 4.79 Å². The van der Waals surface area contributed by atoms with Gasteiger partial charge in [-0.2, -0.15) is 0 Å². The van der Waals surface area contributed by atoms with Crippen molar-refractivity contribution in [1.29, 1.82) is 0 Å². The molecule has 0 aliphatic carbocycles. The number of methoxy groups -OCH3 is 1.